The lowest BCUT2D eigenvalue weighted by atomic mass is 10.2. The fourth-order valence-corrected chi connectivity index (χ4v) is 1.73. The quantitative estimate of drug-likeness (QED) is 0.655. The first kappa shape index (κ1) is 8.56. The highest BCUT2D eigenvalue weighted by atomic mass is 19.1. The van der Waals surface area contributed by atoms with Crippen molar-refractivity contribution in [2.24, 2.45) is 0 Å². The Morgan fingerprint density at radius 2 is 2.15 bits per heavy atom. The van der Waals surface area contributed by atoms with Gasteiger partial charge in [-0.3, -0.25) is 4.90 Å². The highest BCUT2D eigenvalue weighted by molar-refractivity contribution is 4.99. The number of nitrogens with zero attached hydrogens (tertiary/aromatic N) is 3. The first-order valence-corrected chi connectivity index (χ1v) is 4.45. The highest BCUT2D eigenvalue weighted by Gasteiger charge is 2.24. The van der Waals surface area contributed by atoms with Gasteiger partial charge in [-0.05, 0) is 26.4 Å². The number of aromatic nitrogens is 2. The molecule has 3 nitrogen and oxygen atoms in total. The number of likely N-dealkylation sites (tertiary alicyclic amines) is 1. The van der Waals surface area contributed by atoms with E-state index in [1.165, 1.54) is 18.8 Å². The van der Waals surface area contributed by atoms with Crippen molar-refractivity contribution >= 4 is 0 Å². The molecule has 1 atom stereocenters. The summed E-state index contributed by atoms with van der Waals surface area (Å²) in [5, 5.41) is 0. The topological polar surface area (TPSA) is 29.0 Å². The van der Waals surface area contributed by atoms with Gasteiger partial charge in [-0.2, -0.15) is 0 Å². The summed E-state index contributed by atoms with van der Waals surface area (Å²) in [5.41, 5.74) is 0. The standard InChI is InChI=1S/C9H12FN3/c1-13-4-2-3-8(13)9-11-5-7(10)6-12-9/h5-6,8H,2-4H2,1H3. The van der Waals surface area contributed by atoms with E-state index in [4.69, 9.17) is 0 Å². The van der Waals surface area contributed by atoms with Crippen LogP contribution in [0.25, 0.3) is 0 Å². The van der Waals surface area contributed by atoms with Crippen LogP contribution in [0, 0.1) is 5.82 Å². The minimum Gasteiger partial charge on any atom is -0.296 e. The summed E-state index contributed by atoms with van der Waals surface area (Å²) in [6.45, 7) is 1.07. The zero-order chi connectivity index (χ0) is 9.26. The summed E-state index contributed by atoms with van der Waals surface area (Å²) in [5.74, 6) is 0.366. The average Bonchev–Trinajstić information content (AvgIpc) is 2.53. The van der Waals surface area contributed by atoms with E-state index in [9.17, 15) is 4.39 Å². The first-order chi connectivity index (χ1) is 6.27. The summed E-state index contributed by atoms with van der Waals surface area (Å²) < 4.78 is 12.5. The van der Waals surface area contributed by atoms with Gasteiger partial charge in [-0.1, -0.05) is 0 Å². The Labute approximate surface area is 76.6 Å². The van der Waals surface area contributed by atoms with Gasteiger partial charge < -0.3 is 0 Å². The normalized spacial score (nSPS) is 23.7. The molecular formula is C9H12FN3. The molecule has 1 aromatic heterocycles. The van der Waals surface area contributed by atoms with E-state index in [0.29, 0.717) is 0 Å². The Balaban J connectivity index is 2.20. The molecule has 2 rings (SSSR count). The predicted molar refractivity (Wildman–Crippen MR) is 46.6 cm³/mol. The van der Waals surface area contributed by atoms with E-state index in [1.54, 1.807) is 0 Å². The van der Waals surface area contributed by atoms with Crippen LogP contribution < -0.4 is 0 Å². The lowest BCUT2D eigenvalue weighted by molar-refractivity contribution is 0.305. The molecule has 1 unspecified atom stereocenters. The van der Waals surface area contributed by atoms with Gasteiger partial charge in [0.25, 0.3) is 0 Å². The molecule has 4 heteroatoms. The Kier molecular flexibility index (Phi) is 2.22. The van der Waals surface area contributed by atoms with Gasteiger partial charge in [0, 0.05) is 0 Å². The van der Waals surface area contributed by atoms with Crippen molar-refractivity contribution in [3.8, 4) is 0 Å². The molecule has 0 aliphatic carbocycles. The Hall–Kier alpha value is -1.03. The largest absolute Gasteiger partial charge is 0.296 e. The van der Waals surface area contributed by atoms with Crippen LogP contribution in [0.1, 0.15) is 24.7 Å². The molecule has 0 amide bonds. The van der Waals surface area contributed by atoms with Crippen molar-refractivity contribution in [1.82, 2.24) is 14.9 Å². The second-order valence-corrected chi connectivity index (χ2v) is 3.40. The van der Waals surface area contributed by atoms with Crippen molar-refractivity contribution in [2.75, 3.05) is 13.6 Å². The van der Waals surface area contributed by atoms with E-state index >= 15 is 0 Å². The molecule has 1 fully saturated rings. The van der Waals surface area contributed by atoms with Crippen LogP contribution in [0.4, 0.5) is 4.39 Å². The summed E-state index contributed by atoms with van der Waals surface area (Å²) in [6, 6.07) is 0.278. The van der Waals surface area contributed by atoms with Gasteiger partial charge in [-0.15, -0.1) is 0 Å². The third kappa shape index (κ3) is 1.67. The summed E-state index contributed by atoms with van der Waals surface area (Å²) >= 11 is 0. The Bertz CT molecular complexity index is 285. The van der Waals surface area contributed by atoms with Crippen molar-refractivity contribution in [3.05, 3.63) is 24.0 Å². The molecule has 1 aromatic rings. The molecule has 2 heterocycles. The van der Waals surface area contributed by atoms with Gasteiger partial charge in [0.2, 0.25) is 0 Å². The molecule has 0 spiro atoms. The van der Waals surface area contributed by atoms with Crippen LogP contribution in [0.3, 0.4) is 0 Å². The van der Waals surface area contributed by atoms with E-state index < -0.39 is 0 Å². The molecule has 1 aliphatic heterocycles. The molecule has 0 bridgehead atoms. The van der Waals surface area contributed by atoms with E-state index in [2.05, 4.69) is 14.9 Å². The lowest BCUT2D eigenvalue weighted by Gasteiger charge is -2.17. The third-order valence-corrected chi connectivity index (χ3v) is 2.46. The van der Waals surface area contributed by atoms with Crippen molar-refractivity contribution < 1.29 is 4.39 Å². The second kappa shape index (κ2) is 3.38. The second-order valence-electron chi connectivity index (χ2n) is 3.40. The average molecular weight is 181 g/mol. The highest BCUT2D eigenvalue weighted by Crippen LogP contribution is 2.27. The van der Waals surface area contributed by atoms with Gasteiger partial charge >= 0.3 is 0 Å². The monoisotopic (exact) mass is 181 g/mol. The van der Waals surface area contributed by atoms with Gasteiger partial charge in [-0.25, -0.2) is 14.4 Å². The van der Waals surface area contributed by atoms with Gasteiger partial charge in [0.1, 0.15) is 5.82 Å². The van der Waals surface area contributed by atoms with Crippen LogP contribution in [0.5, 0.6) is 0 Å². The molecule has 13 heavy (non-hydrogen) atoms. The van der Waals surface area contributed by atoms with Crippen LogP contribution in [-0.2, 0) is 0 Å². The van der Waals surface area contributed by atoms with Gasteiger partial charge in [0.05, 0.1) is 18.4 Å². The Morgan fingerprint density at radius 3 is 2.69 bits per heavy atom. The summed E-state index contributed by atoms with van der Waals surface area (Å²) in [4.78, 5) is 10.2. The minimum absolute atomic E-state index is 0.278. The maximum atomic E-state index is 12.5. The van der Waals surface area contributed by atoms with Crippen molar-refractivity contribution in [2.45, 2.75) is 18.9 Å². The summed E-state index contributed by atoms with van der Waals surface area (Å²) in [6.07, 6.45) is 4.70. The van der Waals surface area contributed by atoms with Crippen molar-refractivity contribution in [3.63, 3.8) is 0 Å². The van der Waals surface area contributed by atoms with Crippen LogP contribution >= 0.6 is 0 Å². The number of hydrogen-bond donors (Lipinski definition) is 0. The molecule has 0 saturated carbocycles. The van der Waals surface area contributed by atoms with E-state index in [0.717, 1.165) is 18.8 Å². The van der Waals surface area contributed by atoms with Crippen LogP contribution in [-0.4, -0.2) is 28.5 Å². The molecule has 1 saturated heterocycles. The third-order valence-electron chi connectivity index (χ3n) is 2.46. The van der Waals surface area contributed by atoms with Crippen molar-refractivity contribution in [1.29, 1.82) is 0 Å². The maximum Gasteiger partial charge on any atom is 0.159 e. The molecule has 70 valence electrons. The minimum atomic E-state index is -0.371. The molecule has 0 radical (unpaired) electrons. The van der Waals surface area contributed by atoms with E-state index in [1.807, 2.05) is 7.05 Å². The summed E-state index contributed by atoms with van der Waals surface area (Å²) in [7, 11) is 2.05. The van der Waals surface area contributed by atoms with E-state index in [-0.39, 0.29) is 11.9 Å². The van der Waals surface area contributed by atoms with Crippen LogP contribution in [0.2, 0.25) is 0 Å². The molecule has 1 aliphatic rings. The smallest absolute Gasteiger partial charge is 0.159 e. The number of rotatable bonds is 1. The number of halogens is 1. The fraction of sp³-hybridized carbons (Fsp3) is 0.556. The van der Waals surface area contributed by atoms with Crippen LogP contribution in [0.15, 0.2) is 12.4 Å². The van der Waals surface area contributed by atoms with Gasteiger partial charge in [0.15, 0.2) is 5.82 Å². The fourth-order valence-electron chi connectivity index (χ4n) is 1.73. The SMILES string of the molecule is CN1CCCC1c1ncc(F)cn1. The maximum absolute atomic E-state index is 12.5. The zero-order valence-electron chi connectivity index (χ0n) is 7.57. The number of hydrogen-bond acceptors (Lipinski definition) is 3. The zero-order valence-corrected chi connectivity index (χ0v) is 7.57. The predicted octanol–water partition coefficient (Wildman–Crippen LogP) is 1.38. The molecular weight excluding hydrogens is 169 g/mol. The molecule has 0 N–H and O–H groups in total. The molecule has 0 aromatic carbocycles. The lowest BCUT2D eigenvalue weighted by Crippen LogP contribution is -2.19. The first-order valence-electron chi connectivity index (χ1n) is 4.45. The Morgan fingerprint density at radius 1 is 1.46 bits per heavy atom.